The van der Waals surface area contributed by atoms with Gasteiger partial charge in [0.05, 0.1) is 8.66 Å². The van der Waals surface area contributed by atoms with Crippen molar-refractivity contribution in [3.8, 4) is 10.8 Å². The summed E-state index contributed by atoms with van der Waals surface area (Å²) in [5.74, 6) is 0.517. The molecule has 0 aliphatic heterocycles. The van der Waals surface area contributed by atoms with Crippen LogP contribution in [-0.4, -0.2) is 10.2 Å². The first kappa shape index (κ1) is 9.82. The molecule has 0 radical (unpaired) electrons. The first-order valence-corrected chi connectivity index (χ1v) is 6.30. The maximum atomic E-state index is 5.20. The van der Waals surface area contributed by atoms with E-state index in [1.165, 1.54) is 11.3 Å². The van der Waals surface area contributed by atoms with Crippen LogP contribution in [0.2, 0.25) is 0 Å². The summed E-state index contributed by atoms with van der Waals surface area (Å²) >= 11 is 11.4. The highest BCUT2D eigenvalue weighted by molar-refractivity contribution is 9.13. The fourth-order valence-electron chi connectivity index (χ4n) is 0.757. The van der Waals surface area contributed by atoms with Gasteiger partial charge < -0.3 is 4.42 Å². The van der Waals surface area contributed by atoms with Gasteiger partial charge in [-0.05, 0) is 37.9 Å². The molecular weight excluding hydrogens is 388 g/mol. The molecule has 7 heteroatoms. The van der Waals surface area contributed by atoms with Gasteiger partial charge in [0, 0.05) is 20.4 Å². The van der Waals surface area contributed by atoms with Crippen LogP contribution in [0.1, 0.15) is 0 Å². The van der Waals surface area contributed by atoms with E-state index in [2.05, 4.69) is 58.0 Å². The van der Waals surface area contributed by atoms with Crippen molar-refractivity contribution in [3.05, 3.63) is 19.1 Å². The molecule has 0 N–H and O–H groups in total. The van der Waals surface area contributed by atoms with E-state index in [1.807, 2.05) is 6.07 Å². The Bertz CT molecular complexity index is 419. The summed E-state index contributed by atoms with van der Waals surface area (Å²) in [5, 5.41) is 7.55. The minimum absolute atomic E-state index is 0.392. The molecule has 0 saturated heterocycles. The minimum atomic E-state index is 0.392. The van der Waals surface area contributed by atoms with Gasteiger partial charge in [-0.15, -0.1) is 21.5 Å². The van der Waals surface area contributed by atoms with Gasteiger partial charge in [-0.25, -0.2) is 0 Å². The largest absolute Gasteiger partial charge is 0.410 e. The lowest BCUT2D eigenvalue weighted by molar-refractivity contribution is 0.541. The van der Waals surface area contributed by atoms with Crippen molar-refractivity contribution < 1.29 is 4.42 Å². The Morgan fingerprint density at radius 3 is 2.46 bits per heavy atom. The molecule has 0 amide bonds. The second kappa shape index (κ2) is 3.80. The van der Waals surface area contributed by atoms with Gasteiger partial charge in [0.1, 0.15) is 0 Å². The van der Waals surface area contributed by atoms with E-state index in [0.29, 0.717) is 10.7 Å². The molecular formula is C6HBr3N2OS. The Hall–Kier alpha value is 0.280. The fourth-order valence-corrected chi connectivity index (χ4v) is 2.95. The standard InChI is InChI=1S/C6HBr3N2OS/c7-2-1-3(13-4(2)8)5-10-11-6(9)12-5/h1H. The van der Waals surface area contributed by atoms with Gasteiger partial charge >= 0.3 is 0 Å². The van der Waals surface area contributed by atoms with E-state index in [0.717, 1.165) is 13.1 Å². The van der Waals surface area contributed by atoms with Crippen LogP contribution in [-0.2, 0) is 0 Å². The number of rotatable bonds is 1. The van der Waals surface area contributed by atoms with Crippen LogP contribution in [0.4, 0.5) is 0 Å². The van der Waals surface area contributed by atoms with Crippen molar-refractivity contribution in [2.45, 2.75) is 0 Å². The van der Waals surface area contributed by atoms with Crippen molar-refractivity contribution in [2.24, 2.45) is 0 Å². The summed E-state index contributed by atoms with van der Waals surface area (Å²) < 4.78 is 7.20. The normalized spacial score (nSPS) is 10.7. The van der Waals surface area contributed by atoms with Crippen LogP contribution >= 0.6 is 59.1 Å². The SMILES string of the molecule is Brc1nnc(-c2cc(Br)c(Br)s2)o1. The number of thiophene rings is 1. The van der Waals surface area contributed by atoms with E-state index < -0.39 is 0 Å². The Morgan fingerprint density at radius 2 is 2.00 bits per heavy atom. The van der Waals surface area contributed by atoms with Crippen molar-refractivity contribution in [3.63, 3.8) is 0 Å². The van der Waals surface area contributed by atoms with E-state index in [4.69, 9.17) is 4.42 Å². The molecule has 2 heterocycles. The molecule has 0 fully saturated rings. The highest BCUT2D eigenvalue weighted by atomic mass is 79.9. The molecule has 0 saturated carbocycles. The van der Waals surface area contributed by atoms with Gasteiger partial charge in [-0.1, -0.05) is 0 Å². The van der Waals surface area contributed by atoms with Crippen molar-refractivity contribution in [1.29, 1.82) is 0 Å². The molecule has 0 aliphatic rings. The van der Waals surface area contributed by atoms with Gasteiger partial charge in [0.25, 0.3) is 10.7 Å². The molecule has 0 aliphatic carbocycles. The summed E-state index contributed by atoms with van der Waals surface area (Å²) in [4.78, 5) is 1.32. The molecule has 0 aromatic carbocycles. The Morgan fingerprint density at radius 1 is 1.23 bits per heavy atom. The predicted molar refractivity (Wildman–Crippen MR) is 60.7 cm³/mol. The fraction of sp³-hybridized carbons (Fsp3) is 0. The smallest absolute Gasteiger partial charge is 0.285 e. The molecule has 0 unspecified atom stereocenters. The highest BCUT2D eigenvalue weighted by Gasteiger charge is 2.11. The predicted octanol–water partition coefficient (Wildman–Crippen LogP) is 4.09. The summed E-state index contributed by atoms with van der Waals surface area (Å²) in [5.41, 5.74) is 0. The summed E-state index contributed by atoms with van der Waals surface area (Å²) in [6, 6.07) is 1.93. The van der Waals surface area contributed by atoms with E-state index in [-0.39, 0.29) is 0 Å². The molecule has 68 valence electrons. The maximum Gasteiger partial charge on any atom is 0.285 e. The average molecular weight is 389 g/mol. The monoisotopic (exact) mass is 386 g/mol. The zero-order chi connectivity index (χ0) is 9.42. The molecule has 2 rings (SSSR count). The molecule has 0 bridgehead atoms. The van der Waals surface area contributed by atoms with Gasteiger partial charge in [0.15, 0.2) is 0 Å². The molecule has 2 aromatic heterocycles. The van der Waals surface area contributed by atoms with Crippen LogP contribution < -0.4 is 0 Å². The lowest BCUT2D eigenvalue weighted by Crippen LogP contribution is -1.69. The number of halogens is 3. The zero-order valence-corrected chi connectivity index (χ0v) is 11.5. The first-order chi connectivity index (χ1) is 6.16. The zero-order valence-electron chi connectivity index (χ0n) is 5.92. The third-order valence-electron chi connectivity index (χ3n) is 1.26. The summed E-state index contributed by atoms with van der Waals surface area (Å²) in [7, 11) is 0. The molecule has 2 aromatic rings. The summed E-state index contributed by atoms with van der Waals surface area (Å²) in [6.45, 7) is 0. The number of aromatic nitrogens is 2. The average Bonchev–Trinajstić information content (AvgIpc) is 2.61. The van der Waals surface area contributed by atoms with E-state index >= 15 is 0 Å². The quantitative estimate of drug-likeness (QED) is 0.738. The topological polar surface area (TPSA) is 38.9 Å². The molecule has 13 heavy (non-hydrogen) atoms. The molecule has 3 nitrogen and oxygen atoms in total. The number of hydrogen-bond acceptors (Lipinski definition) is 4. The highest BCUT2D eigenvalue weighted by Crippen LogP contribution is 2.37. The third kappa shape index (κ3) is 2.03. The lowest BCUT2D eigenvalue weighted by Gasteiger charge is -1.82. The van der Waals surface area contributed by atoms with Crippen molar-refractivity contribution in [2.75, 3.05) is 0 Å². The minimum Gasteiger partial charge on any atom is -0.410 e. The van der Waals surface area contributed by atoms with Crippen molar-refractivity contribution >= 4 is 59.1 Å². The first-order valence-electron chi connectivity index (χ1n) is 3.11. The Kier molecular flexibility index (Phi) is 2.87. The van der Waals surface area contributed by atoms with Crippen LogP contribution in [0.15, 0.2) is 23.5 Å². The van der Waals surface area contributed by atoms with E-state index in [1.54, 1.807) is 0 Å². The van der Waals surface area contributed by atoms with Gasteiger partial charge in [-0.2, -0.15) is 0 Å². The Labute approximate surface area is 103 Å². The van der Waals surface area contributed by atoms with Crippen LogP contribution in [0.25, 0.3) is 10.8 Å². The Balaban J connectivity index is 2.46. The second-order valence-electron chi connectivity index (χ2n) is 2.09. The van der Waals surface area contributed by atoms with E-state index in [9.17, 15) is 0 Å². The third-order valence-corrected chi connectivity index (χ3v) is 4.82. The number of nitrogens with zero attached hydrogens (tertiary/aromatic N) is 2. The van der Waals surface area contributed by atoms with Gasteiger partial charge in [-0.3, -0.25) is 0 Å². The van der Waals surface area contributed by atoms with Crippen LogP contribution in [0.5, 0.6) is 0 Å². The molecule has 0 spiro atoms. The second-order valence-corrected chi connectivity index (χ2v) is 6.00. The van der Waals surface area contributed by atoms with Gasteiger partial charge in [0.2, 0.25) is 0 Å². The summed E-state index contributed by atoms with van der Waals surface area (Å²) in [6.07, 6.45) is 0. The number of hydrogen-bond donors (Lipinski definition) is 0. The van der Waals surface area contributed by atoms with Crippen molar-refractivity contribution in [1.82, 2.24) is 10.2 Å². The van der Waals surface area contributed by atoms with Crippen LogP contribution in [0, 0.1) is 0 Å². The van der Waals surface area contributed by atoms with Crippen LogP contribution in [0.3, 0.4) is 0 Å². The lowest BCUT2D eigenvalue weighted by atomic mass is 10.5. The molecule has 0 atom stereocenters. The maximum absolute atomic E-state index is 5.20.